The maximum Gasteiger partial charge on any atom is 0.240 e. The fraction of sp³-hybridized carbons (Fsp3) is 0.833. The highest BCUT2D eigenvalue weighted by Gasteiger charge is 2.48. The second-order valence-electron chi connectivity index (χ2n) is 6.11. The predicted molar refractivity (Wildman–Crippen MR) is 67.4 cm³/mol. The van der Waals surface area contributed by atoms with Crippen LogP contribution < -0.4 is 11.5 Å². The van der Waals surface area contributed by atoms with Gasteiger partial charge in [-0.05, 0) is 27.7 Å². The Bertz CT molecular complexity index is 360. The van der Waals surface area contributed by atoms with Crippen LogP contribution in [0.4, 0.5) is 0 Å². The molecule has 0 saturated carbocycles. The van der Waals surface area contributed by atoms with Crippen molar-refractivity contribution in [2.24, 2.45) is 16.9 Å². The van der Waals surface area contributed by atoms with Crippen LogP contribution >= 0.6 is 0 Å². The Balaban J connectivity index is 3.00. The normalized spacial score (nSPS) is 25.3. The molecule has 6 nitrogen and oxygen atoms in total. The summed E-state index contributed by atoms with van der Waals surface area (Å²) in [7, 11) is 0. The Hall–Kier alpha value is -1.14. The molecule has 18 heavy (non-hydrogen) atoms. The van der Waals surface area contributed by atoms with Crippen LogP contribution in [-0.2, 0) is 9.59 Å². The van der Waals surface area contributed by atoms with E-state index < -0.39 is 29.0 Å². The van der Waals surface area contributed by atoms with Gasteiger partial charge in [0.1, 0.15) is 6.04 Å². The Labute approximate surface area is 107 Å². The van der Waals surface area contributed by atoms with Crippen molar-refractivity contribution in [1.82, 2.24) is 4.90 Å². The lowest BCUT2D eigenvalue weighted by Crippen LogP contribution is -2.58. The summed E-state index contributed by atoms with van der Waals surface area (Å²) in [5.74, 6) is -0.846. The fourth-order valence-electron chi connectivity index (χ4n) is 1.94. The van der Waals surface area contributed by atoms with Gasteiger partial charge in [0, 0.05) is 18.5 Å². The van der Waals surface area contributed by atoms with Crippen LogP contribution in [-0.4, -0.2) is 46.1 Å². The van der Waals surface area contributed by atoms with E-state index in [0.29, 0.717) is 0 Å². The van der Waals surface area contributed by atoms with Crippen molar-refractivity contribution in [1.29, 1.82) is 0 Å². The van der Waals surface area contributed by atoms with Crippen LogP contribution in [0, 0.1) is 5.41 Å². The molecule has 1 aliphatic rings. The van der Waals surface area contributed by atoms with Gasteiger partial charge in [0.05, 0.1) is 11.5 Å². The van der Waals surface area contributed by atoms with Gasteiger partial charge in [0.15, 0.2) is 0 Å². The zero-order valence-electron chi connectivity index (χ0n) is 11.4. The molecule has 2 atom stereocenters. The van der Waals surface area contributed by atoms with Crippen LogP contribution in [0.3, 0.4) is 0 Å². The van der Waals surface area contributed by atoms with Crippen molar-refractivity contribution >= 4 is 11.8 Å². The van der Waals surface area contributed by atoms with Crippen molar-refractivity contribution in [3.05, 3.63) is 0 Å². The third-order valence-corrected chi connectivity index (χ3v) is 4.01. The molecular weight excluding hydrogens is 234 g/mol. The lowest BCUT2D eigenvalue weighted by atomic mass is 9.74. The average molecular weight is 257 g/mol. The lowest BCUT2D eigenvalue weighted by molar-refractivity contribution is -0.147. The van der Waals surface area contributed by atoms with Crippen molar-refractivity contribution < 1.29 is 14.7 Å². The molecule has 1 rings (SSSR count). The molecule has 0 spiro atoms. The van der Waals surface area contributed by atoms with Crippen molar-refractivity contribution in [3.63, 3.8) is 0 Å². The molecule has 1 heterocycles. The molecular formula is C12H23N3O3. The lowest BCUT2D eigenvalue weighted by Gasteiger charge is -2.40. The zero-order chi connectivity index (χ0) is 14.3. The summed E-state index contributed by atoms with van der Waals surface area (Å²) >= 11 is 0. The van der Waals surface area contributed by atoms with E-state index in [1.165, 1.54) is 4.90 Å². The maximum absolute atomic E-state index is 12.5. The first kappa shape index (κ1) is 14.9. The Morgan fingerprint density at radius 1 is 1.28 bits per heavy atom. The van der Waals surface area contributed by atoms with Crippen LogP contribution in [0.15, 0.2) is 0 Å². The summed E-state index contributed by atoms with van der Waals surface area (Å²) in [6, 6.07) is -0.742. The highest BCUT2D eigenvalue weighted by molar-refractivity contribution is 5.90. The van der Waals surface area contributed by atoms with Gasteiger partial charge in [0.2, 0.25) is 11.8 Å². The number of primary amides is 1. The van der Waals surface area contributed by atoms with Gasteiger partial charge in [-0.2, -0.15) is 0 Å². The smallest absolute Gasteiger partial charge is 0.240 e. The quantitative estimate of drug-likeness (QED) is 0.614. The number of hydrogen-bond donors (Lipinski definition) is 3. The third kappa shape index (κ3) is 2.49. The average Bonchev–Trinajstić information content (AvgIpc) is 2.57. The topological polar surface area (TPSA) is 110 Å². The van der Waals surface area contributed by atoms with Gasteiger partial charge in [-0.1, -0.05) is 0 Å². The van der Waals surface area contributed by atoms with E-state index >= 15 is 0 Å². The van der Waals surface area contributed by atoms with Crippen molar-refractivity contribution in [3.8, 4) is 0 Å². The summed E-state index contributed by atoms with van der Waals surface area (Å²) in [5.41, 5.74) is 9.70. The molecule has 1 fully saturated rings. The summed E-state index contributed by atoms with van der Waals surface area (Å²) < 4.78 is 0. The standard InChI is InChI=1S/C12H23N3O3/c1-11(2,12(3,4)14)10(18)15-6-7(16)5-8(15)9(13)17/h7-8,16H,5-6,14H2,1-4H3,(H2,13,17). The van der Waals surface area contributed by atoms with Gasteiger partial charge >= 0.3 is 0 Å². The second kappa shape index (κ2) is 4.51. The predicted octanol–water partition coefficient (Wildman–Crippen LogP) is -0.803. The molecule has 0 aromatic heterocycles. The summed E-state index contributed by atoms with van der Waals surface area (Å²) in [6.45, 7) is 7.12. The molecule has 0 radical (unpaired) electrons. The highest BCUT2D eigenvalue weighted by Crippen LogP contribution is 2.33. The Kier molecular flexibility index (Phi) is 3.74. The van der Waals surface area contributed by atoms with Crippen molar-refractivity contribution in [2.45, 2.75) is 51.8 Å². The molecule has 0 aromatic rings. The molecule has 5 N–H and O–H groups in total. The Morgan fingerprint density at radius 3 is 2.17 bits per heavy atom. The minimum atomic E-state index is -0.842. The molecule has 1 aliphatic heterocycles. The number of nitrogens with two attached hydrogens (primary N) is 2. The van der Waals surface area contributed by atoms with Gasteiger partial charge < -0.3 is 21.5 Å². The number of nitrogens with zero attached hydrogens (tertiary/aromatic N) is 1. The SMILES string of the molecule is CC(C)(N)C(C)(C)C(=O)N1CC(O)CC1C(N)=O. The molecule has 2 unspecified atom stereocenters. The van der Waals surface area contributed by atoms with Gasteiger partial charge in [-0.15, -0.1) is 0 Å². The molecule has 6 heteroatoms. The second-order valence-corrected chi connectivity index (χ2v) is 6.11. The molecule has 0 bridgehead atoms. The first-order valence-electron chi connectivity index (χ1n) is 6.06. The van der Waals surface area contributed by atoms with E-state index in [-0.39, 0.29) is 18.9 Å². The molecule has 1 saturated heterocycles. The van der Waals surface area contributed by atoms with Crippen LogP contribution in [0.25, 0.3) is 0 Å². The minimum Gasteiger partial charge on any atom is -0.391 e. The summed E-state index contributed by atoms with van der Waals surface area (Å²) in [4.78, 5) is 25.2. The van der Waals surface area contributed by atoms with E-state index in [2.05, 4.69) is 0 Å². The number of carbonyl (C=O) groups is 2. The molecule has 0 aromatic carbocycles. The number of amides is 2. The maximum atomic E-state index is 12.5. The van der Waals surface area contributed by atoms with Crippen LogP contribution in [0.2, 0.25) is 0 Å². The molecule has 0 aliphatic carbocycles. The number of β-amino-alcohol motifs (C(OH)–C–C–N with tert-alkyl or cyclic N) is 1. The number of rotatable bonds is 3. The first-order chi connectivity index (χ1) is 7.98. The monoisotopic (exact) mass is 257 g/mol. The first-order valence-corrected chi connectivity index (χ1v) is 6.06. The number of hydrogen-bond acceptors (Lipinski definition) is 4. The number of aliphatic hydroxyl groups is 1. The largest absolute Gasteiger partial charge is 0.391 e. The number of aliphatic hydroxyl groups excluding tert-OH is 1. The van der Waals surface area contributed by atoms with Crippen LogP contribution in [0.1, 0.15) is 34.1 Å². The third-order valence-electron chi connectivity index (χ3n) is 4.01. The fourth-order valence-corrected chi connectivity index (χ4v) is 1.94. The molecule has 2 amide bonds. The van der Waals surface area contributed by atoms with Gasteiger partial charge in [0.25, 0.3) is 0 Å². The highest BCUT2D eigenvalue weighted by atomic mass is 16.3. The number of likely N-dealkylation sites (tertiary alicyclic amines) is 1. The minimum absolute atomic E-state index is 0.131. The van der Waals surface area contributed by atoms with Crippen molar-refractivity contribution in [2.75, 3.05) is 6.54 Å². The Morgan fingerprint density at radius 2 is 1.78 bits per heavy atom. The molecule has 104 valence electrons. The van der Waals surface area contributed by atoms with Gasteiger partial charge in [-0.25, -0.2) is 0 Å². The summed E-state index contributed by atoms with van der Waals surface area (Å²) in [5, 5.41) is 9.60. The van der Waals surface area contributed by atoms with E-state index in [1.807, 2.05) is 0 Å². The van der Waals surface area contributed by atoms with Gasteiger partial charge in [-0.3, -0.25) is 9.59 Å². The van der Waals surface area contributed by atoms with E-state index in [0.717, 1.165) is 0 Å². The van der Waals surface area contributed by atoms with Crippen LogP contribution in [0.5, 0.6) is 0 Å². The van der Waals surface area contributed by atoms with E-state index in [9.17, 15) is 14.7 Å². The zero-order valence-corrected chi connectivity index (χ0v) is 11.4. The summed E-state index contributed by atoms with van der Waals surface area (Å²) in [6.07, 6.45) is -0.509. The van der Waals surface area contributed by atoms with E-state index in [1.54, 1.807) is 27.7 Å². The number of carbonyl (C=O) groups excluding carboxylic acids is 2. The van der Waals surface area contributed by atoms with E-state index in [4.69, 9.17) is 11.5 Å².